The summed E-state index contributed by atoms with van der Waals surface area (Å²) in [5, 5.41) is 11.7. The fourth-order valence-electron chi connectivity index (χ4n) is 3.23. The Morgan fingerprint density at radius 2 is 1.83 bits per heavy atom. The lowest BCUT2D eigenvalue weighted by atomic mass is 10.0. The summed E-state index contributed by atoms with van der Waals surface area (Å²) in [4.78, 5) is 23.6. The number of ether oxygens (including phenoxy) is 2. The molecule has 0 saturated carbocycles. The second-order valence-electron chi connectivity index (χ2n) is 6.63. The van der Waals surface area contributed by atoms with E-state index >= 15 is 0 Å². The molecule has 1 aliphatic rings. The Hall–Kier alpha value is -3.19. The van der Waals surface area contributed by atoms with Gasteiger partial charge >= 0.3 is 5.97 Å². The van der Waals surface area contributed by atoms with Gasteiger partial charge in [0, 0.05) is 18.3 Å². The minimum absolute atomic E-state index is 0.00962. The molecule has 2 N–H and O–H groups in total. The van der Waals surface area contributed by atoms with Gasteiger partial charge < -0.3 is 19.9 Å². The average molecular weight is 399 g/mol. The number of halogens is 1. The van der Waals surface area contributed by atoms with Crippen LogP contribution >= 0.6 is 0 Å². The van der Waals surface area contributed by atoms with Crippen LogP contribution in [0.25, 0.3) is 11.1 Å². The zero-order chi connectivity index (χ0) is 20.8. The Kier molecular flexibility index (Phi) is 6.61. The molecule has 1 amide bonds. The third-order valence-electron chi connectivity index (χ3n) is 4.69. The first-order valence-electron chi connectivity index (χ1n) is 9.28. The van der Waals surface area contributed by atoms with E-state index in [4.69, 9.17) is 9.47 Å². The van der Waals surface area contributed by atoms with Crippen molar-refractivity contribution in [3.8, 4) is 16.9 Å². The highest BCUT2D eigenvalue weighted by Crippen LogP contribution is 2.30. The van der Waals surface area contributed by atoms with Crippen molar-refractivity contribution in [3.63, 3.8) is 0 Å². The first kappa shape index (κ1) is 20.5. The molecule has 0 spiro atoms. The number of methoxy groups -OCH3 is 1. The van der Waals surface area contributed by atoms with E-state index < -0.39 is 17.7 Å². The highest BCUT2D eigenvalue weighted by Gasteiger charge is 2.25. The molecule has 0 atom stereocenters. The van der Waals surface area contributed by atoms with Gasteiger partial charge in [-0.2, -0.15) is 0 Å². The normalized spacial score (nSPS) is 13.4. The van der Waals surface area contributed by atoms with Crippen LogP contribution in [0.2, 0.25) is 0 Å². The van der Waals surface area contributed by atoms with Crippen molar-refractivity contribution >= 4 is 17.6 Å². The molecule has 0 fully saturated rings. The maximum absolute atomic E-state index is 14.6. The lowest BCUT2D eigenvalue weighted by Gasteiger charge is -2.11. The highest BCUT2D eigenvalue weighted by molar-refractivity contribution is 6.09. The number of hydrogen-bond acceptors (Lipinski definition) is 4. The molecular weight excluding hydrogens is 377 g/mol. The monoisotopic (exact) mass is 399 g/mol. The summed E-state index contributed by atoms with van der Waals surface area (Å²) in [5.41, 5.74) is 1.72. The van der Waals surface area contributed by atoms with Gasteiger partial charge in [-0.25, -0.2) is 9.18 Å². The zero-order valence-corrected chi connectivity index (χ0v) is 16.0. The molecule has 152 valence electrons. The van der Waals surface area contributed by atoms with Crippen LogP contribution in [0.15, 0.2) is 53.6 Å². The standard InChI is InChI=1S/C22H22FNO5/c1-28-10-11-29-16-5-2-4-14(12-16)15-8-9-20(19(23)13-15)24-21(25)17-6-3-7-18(17)22(26)27/h2,4-5,8-9,12-13H,3,6-7,10-11H2,1H3,(H,24,25)(H,26,27). The van der Waals surface area contributed by atoms with Gasteiger partial charge in [0.1, 0.15) is 18.2 Å². The number of anilines is 1. The van der Waals surface area contributed by atoms with Gasteiger partial charge in [-0.3, -0.25) is 4.79 Å². The molecule has 2 aromatic rings. The predicted octanol–water partition coefficient (Wildman–Crippen LogP) is 4.02. The van der Waals surface area contributed by atoms with E-state index in [1.807, 2.05) is 12.1 Å². The summed E-state index contributed by atoms with van der Waals surface area (Å²) in [6, 6.07) is 11.7. The van der Waals surface area contributed by atoms with Crippen LogP contribution in [0, 0.1) is 5.82 Å². The Bertz CT molecular complexity index is 954. The molecule has 0 saturated heterocycles. The van der Waals surface area contributed by atoms with Gasteiger partial charge in [0.15, 0.2) is 0 Å². The lowest BCUT2D eigenvalue weighted by Crippen LogP contribution is -2.17. The Morgan fingerprint density at radius 3 is 2.55 bits per heavy atom. The molecule has 2 aromatic carbocycles. The van der Waals surface area contributed by atoms with E-state index in [0.29, 0.717) is 43.8 Å². The Balaban J connectivity index is 1.75. The smallest absolute Gasteiger partial charge is 0.332 e. The summed E-state index contributed by atoms with van der Waals surface area (Å²) < 4.78 is 25.1. The number of aliphatic carboxylic acids is 1. The second-order valence-corrected chi connectivity index (χ2v) is 6.63. The number of hydrogen-bond donors (Lipinski definition) is 2. The molecular formula is C22H22FNO5. The fraction of sp³-hybridized carbons (Fsp3) is 0.273. The van der Waals surface area contributed by atoms with E-state index in [0.717, 1.165) is 5.56 Å². The van der Waals surface area contributed by atoms with Gasteiger partial charge in [0.05, 0.1) is 12.3 Å². The molecule has 0 radical (unpaired) electrons. The van der Waals surface area contributed by atoms with E-state index in [9.17, 15) is 19.1 Å². The number of carbonyl (C=O) groups is 2. The minimum Gasteiger partial charge on any atom is -0.491 e. The van der Waals surface area contributed by atoms with Crippen LogP contribution < -0.4 is 10.1 Å². The molecule has 0 aliphatic heterocycles. The van der Waals surface area contributed by atoms with Crippen molar-refractivity contribution in [1.29, 1.82) is 0 Å². The number of carboxylic acids is 1. The number of rotatable bonds is 8. The average Bonchev–Trinajstić information content (AvgIpc) is 3.20. The van der Waals surface area contributed by atoms with Crippen molar-refractivity contribution in [2.24, 2.45) is 0 Å². The van der Waals surface area contributed by atoms with E-state index in [2.05, 4.69) is 5.32 Å². The molecule has 0 unspecified atom stereocenters. The molecule has 3 rings (SSSR count). The number of amides is 1. The Labute approximate surface area is 168 Å². The summed E-state index contributed by atoms with van der Waals surface area (Å²) in [7, 11) is 1.59. The van der Waals surface area contributed by atoms with Crippen LogP contribution in [-0.2, 0) is 14.3 Å². The quantitative estimate of drug-likeness (QED) is 0.655. The minimum atomic E-state index is -1.10. The largest absolute Gasteiger partial charge is 0.491 e. The van der Waals surface area contributed by atoms with Gasteiger partial charge in [0.25, 0.3) is 5.91 Å². The maximum Gasteiger partial charge on any atom is 0.332 e. The molecule has 6 nitrogen and oxygen atoms in total. The van der Waals surface area contributed by atoms with Crippen LogP contribution in [0.1, 0.15) is 19.3 Å². The van der Waals surface area contributed by atoms with Gasteiger partial charge in [-0.05, 0) is 54.7 Å². The summed E-state index contributed by atoms with van der Waals surface area (Å²) in [5.74, 6) is -1.63. The summed E-state index contributed by atoms with van der Waals surface area (Å²) in [6.07, 6.45) is 1.33. The van der Waals surface area contributed by atoms with E-state index in [-0.39, 0.29) is 16.8 Å². The molecule has 7 heteroatoms. The van der Waals surface area contributed by atoms with Gasteiger partial charge in [0.2, 0.25) is 0 Å². The molecule has 29 heavy (non-hydrogen) atoms. The zero-order valence-electron chi connectivity index (χ0n) is 16.0. The lowest BCUT2D eigenvalue weighted by molar-refractivity contribution is -0.133. The van der Waals surface area contributed by atoms with Gasteiger partial charge in [-0.15, -0.1) is 0 Å². The Morgan fingerprint density at radius 1 is 1.07 bits per heavy atom. The summed E-state index contributed by atoms with van der Waals surface area (Å²) in [6.45, 7) is 0.876. The fourth-order valence-corrected chi connectivity index (χ4v) is 3.23. The summed E-state index contributed by atoms with van der Waals surface area (Å²) >= 11 is 0. The third kappa shape index (κ3) is 5.00. The van der Waals surface area contributed by atoms with Crippen LogP contribution in [-0.4, -0.2) is 37.3 Å². The third-order valence-corrected chi connectivity index (χ3v) is 4.69. The molecule has 0 aromatic heterocycles. The van der Waals surface area contributed by atoms with Crippen LogP contribution in [0.4, 0.5) is 10.1 Å². The van der Waals surface area contributed by atoms with Crippen molar-refractivity contribution in [2.75, 3.05) is 25.6 Å². The first-order chi connectivity index (χ1) is 14.0. The van der Waals surface area contributed by atoms with Crippen LogP contribution in [0.5, 0.6) is 5.75 Å². The highest BCUT2D eigenvalue weighted by atomic mass is 19.1. The van der Waals surface area contributed by atoms with Crippen LogP contribution in [0.3, 0.4) is 0 Å². The van der Waals surface area contributed by atoms with Crippen molar-refractivity contribution < 1.29 is 28.6 Å². The van der Waals surface area contributed by atoms with Crippen molar-refractivity contribution in [1.82, 2.24) is 0 Å². The molecule has 0 heterocycles. The second kappa shape index (κ2) is 9.34. The SMILES string of the molecule is COCCOc1cccc(-c2ccc(NC(=O)C3=C(C(=O)O)CCC3)c(F)c2)c1. The van der Waals surface area contributed by atoms with E-state index in [1.165, 1.54) is 12.1 Å². The van der Waals surface area contributed by atoms with Crippen molar-refractivity contribution in [2.45, 2.75) is 19.3 Å². The number of carboxylic acid groups (broad SMARTS) is 1. The topological polar surface area (TPSA) is 84.9 Å². The molecule has 1 aliphatic carbocycles. The van der Waals surface area contributed by atoms with Gasteiger partial charge in [-0.1, -0.05) is 18.2 Å². The maximum atomic E-state index is 14.6. The van der Waals surface area contributed by atoms with E-state index in [1.54, 1.807) is 25.3 Å². The number of benzene rings is 2. The molecule has 0 bridgehead atoms. The first-order valence-corrected chi connectivity index (χ1v) is 9.28. The predicted molar refractivity (Wildman–Crippen MR) is 106 cm³/mol. The number of carbonyl (C=O) groups excluding carboxylic acids is 1. The number of nitrogens with one attached hydrogen (secondary N) is 1. The van der Waals surface area contributed by atoms with Crippen molar-refractivity contribution in [3.05, 3.63) is 59.4 Å².